The van der Waals surface area contributed by atoms with Crippen molar-refractivity contribution in [2.24, 2.45) is 0 Å². The van der Waals surface area contributed by atoms with Crippen LogP contribution in [0, 0.1) is 3.57 Å². The molecule has 3 aromatic rings. The minimum atomic E-state index is -0.985. The molecule has 8 nitrogen and oxygen atoms in total. The number of carboxylic acid groups (broad SMARTS) is 1. The van der Waals surface area contributed by atoms with Crippen LogP contribution >= 0.6 is 34.8 Å². The normalized spacial score (nSPS) is 14.5. The van der Waals surface area contributed by atoms with Gasteiger partial charge in [-0.15, -0.1) is 0 Å². The van der Waals surface area contributed by atoms with E-state index in [0.29, 0.717) is 29.4 Å². The van der Waals surface area contributed by atoms with Crippen molar-refractivity contribution >= 4 is 69.5 Å². The average Bonchev–Trinajstić information content (AvgIpc) is 2.86. The number of thiocarbonyl (C=S) groups is 1. The number of halogens is 1. The highest BCUT2D eigenvalue weighted by Gasteiger charge is 2.34. The van der Waals surface area contributed by atoms with Gasteiger partial charge >= 0.3 is 5.97 Å². The molecule has 37 heavy (non-hydrogen) atoms. The Morgan fingerprint density at radius 1 is 1.08 bits per heavy atom. The number of benzene rings is 3. The minimum Gasteiger partial charge on any atom is -0.494 e. The maximum Gasteiger partial charge on any atom is 0.335 e. The van der Waals surface area contributed by atoms with Gasteiger partial charge in [0.2, 0.25) is 0 Å². The van der Waals surface area contributed by atoms with Gasteiger partial charge in [-0.1, -0.05) is 24.3 Å². The van der Waals surface area contributed by atoms with Gasteiger partial charge < -0.3 is 14.6 Å². The molecule has 0 atom stereocenters. The highest BCUT2D eigenvalue weighted by atomic mass is 127. The van der Waals surface area contributed by atoms with E-state index in [1.807, 2.05) is 6.92 Å². The van der Waals surface area contributed by atoms with E-state index in [4.69, 9.17) is 26.8 Å². The zero-order valence-electron chi connectivity index (χ0n) is 19.6. The molecule has 0 saturated carbocycles. The van der Waals surface area contributed by atoms with Crippen molar-refractivity contribution in [1.82, 2.24) is 5.32 Å². The van der Waals surface area contributed by atoms with Crippen molar-refractivity contribution in [2.75, 3.05) is 11.5 Å². The van der Waals surface area contributed by atoms with E-state index in [2.05, 4.69) is 27.9 Å². The molecule has 0 spiro atoms. The van der Waals surface area contributed by atoms with E-state index in [1.165, 1.54) is 23.1 Å². The topological polar surface area (TPSA) is 105 Å². The number of ether oxygens (including phenoxy) is 2. The Morgan fingerprint density at radius 3 is 2.51 bits per heavy atom. The molecule has 0 aliphatic carbocycles. The molecular formula is C27H21IN2O6S. The van der Waals surface area contributed by atoms with Crippen LogP contribution in [0.25, 0.3) is 6.08 Å². The number of hydrogen-bond acceptors (Lipinski definition) is 6. The fraction of sp³-hybridized carbons (Fsp3) is 0.111. The first-order chi connectivity index (χ1) is 17.8. The Bertz CT molecular complexity index is 1420. The summed E-state index contributed by atoms with van der Waals surface area (Å²) in [5.41, 5.74) is 2.09. The predicted octanol–water partition coefficient (Wildman–Crippen LogP) is 4.80. The molecule has 1 fully saturated rings. The molecule has 1 aliphatic rings. The number of carboxylic acids is 1. The van der Waals surface area contributed by atoms with Gasteiger partial charge in [-0.2, -0.15) is 0 Å². The summed E-state index contributed by atoms with van der Waals surface area (Å²) in [4.78, 5) is 38.2. The van der Waals surface area contributed by atoms with Crippen molar-refractivity contribution < 1.29 is 29.0 Å². The number of carbonyl (C=O) groups excluding carboxylic acids is 2. The summed E-state index contributed by atoms with van der Waals surface area (Å²) >= 11 is 7.39. The molecule has 0 radical (unpaired) electrons. The standard InChI is InChI=1S/C27H21IN2O6S/c1-2-35-20-5-3-4-19(14-20)30-25(32)21(24(31)29-27(30)37)12-17-8-11-23(22(28)13-17)36-15-16-6-9-18(10-7-16)26(33)34/h3-14H,2,15H2,1H3,(H,33,34)(H,29,31,37)/b21-12+. The highest BCUT2D eigenvalue weighted by molar-refractivity contribution is 14.1. The van der Waals surface area contributed by atoms with Gasteiger partial charge in [-0.05, 0) is 95.3 Å². The average molecular weight is 628 g/mol. The number of carbonyl (C=O) groups is 3. The second kappa shape index (κ2) is 11.5. The molecule has 0 unspecified atom stereocenters. The monoisotopic (exact) mass is 628 g/mol. The quantitative estimate of drug-likeness (QED) is 0.160. The molecule has 188 valence electrons. The molecule has 10 heteroatoms. The van der Waals surface area contributed by atoms with E-state index in [9.17, 15) is 14.4 Å². The van der Waals surface area contributed by atoms with Crippen LogP contribution in [-0.2, 0) is 16.2 Å². The van der Waals surface area contributed by atoms with Crippen LogP contribution in [0.3, 0.4) is 0 Å². The zero-order valence-corrected chi connectivity index (χ0v) is 22.5. The third-order valence-electron chi connectivity index (χ3n) is 5.35. The second-order valence-corrected chi connectivity index (χ2v) is 9.42. The van der Waals surface area contributed by atoms with Gasteiger partial charge in [0.15, 0.2) is 5.11 Å². The first-order valence-electron chi connectivity index (χ1n) is 11.2. The fourth-order valence-corrected chi connectivity index (χ4v) is 4.54. The van der Waals surface area contributed by atoms with E-state index in [1.54, 1.807) is 54.6 Å². The molecule has 0 aromatic heterocycles. The fourth-order valence-electron chi connectivity index (χ4n) is 3.57. The van der Waals surface area contributed by atoms with Crippen molar-refractivity contribution in [1.29, 1.82) is 0 Å². The SMILES string of the molecule is CCOc1cccc(N2C(=O)/C(=C/c3ccc(OCc4ccc(C(=O)O)cc4)c(I)c3)C(=O)NC2=S)c1. The number of amides is 2. The third-order valence-corrected chi connectivity index (χ3v) is 6.48. The lowest BCUT2D eigenvalue weighted by Gasteiger charge is -2.29. The molecule has 0 bridgehead atoms. The Labute approximate surface area is 232 Å². The number of aromatic carboxylic acids is 1. The molecule has 1 heterocycles. The van der Waals surface area contributed by atoms with Crippen LogP contribution in [0.1, 0.15) is 28.4 Å². The van der Waals surface area contributed by atoms with Crippen LogP contribution < -0.4 is 19.7 Å². The van der Waals surface area contributed by atoms with Crippen molar-refractivity contribution in [3.63, 3.8) is 0 Å². The lowest BCUT2D eigenvalue weighted by atomic mass is 10.1. The molecule has 1 aliphatic heterocycles. The first-order valence-corrected chi connectivity index (χ1v) is 12.6. The summed E-state index contributed by atoms with van der Waals surface area (Å²) in [6.45, 7) is 2.59. The molecule has 2 amide bonds. The second-order valence-electron chi connectivity index (χ2n) is 7.87. The Morgan fingerprint density at radius 2 is 1.84 bits per heavy atom. The molecule has 2 N–H and O–H groups in total. The summed E-state index contributed by atoms with van der Waals surface area (Å²) in [6, 6.07) is 18.7. The van der Waals surface area contributed by atoms with Gasteiger partial charge in [-0.3, -0.25) is 19.8 Å². The van der Waals surface area contributed by atoms with Gasteiger partial charge in [0.05, 0.1) is 21.4 Å². The van der Waals surface area contributed by atoms with E-state index >= 15 is 0 Å². The van der Waals surface area contributed by atoms with E-state index in [0.717, 1.165) is 9.13 Å². The number of nitrogens with zero attached hydrogens (tertiary/aromatic N) is 1. The summed E-state index contributed by atoms with van der Waals surface area (Å²) in [5, 5.41) is 11.6. The number of rotatable bonds is 8. The first kappa shape index (κ1) is 26.3. The summed E-state index contributed by atoms with van der Waals surface area (Å²) in [7, 11) is 0. The Balaban J connectivity index is 1.52. The van der Waals surface area contributed by atoms with Gasteiger partial charge in [0.1, 0.15) is 23.7 Å². The maximum atomic E-state index is 13.3. The smallest absolute Gasteiger partial charge is 0.335 e. The van der Waals surface area contributed by atoms with Crippen LogP contribution in [0.2, 0.25) is 0 Å². The lowest BCUT2D eigenvalue weighted by Crippen LogP contribution is -2.54. The third kappa shape index (κ3) is 6.15. The lowest BCUT2D eigenvalue weighted by molar-refractivity contribution is -0.122. The zero-order chi connectivity index (χ0) is 26.5. The molecule has 4 rings (SSSR count). The van der Waals surface area contributed by atoms with Crippen LogP contribution in [-0.4, -0.2) is 34.6 Å². The molecule has 3 aromatic carbocycles. The Hall–Kier alpha value is -3.77. The predicted molar refractivity (Wildman–Crippen MR) is 151 cm³/mol. The van der Waals surface area contributed by atoms with Crippen LogP contribution in [0.15, 0.2) is 72.3 Å². The van der Waals surface area contributed by atoms with E-state index in [-0.39, 0.29) is 22.9 Å². The maximum absolute atomic E-state index is 13.3. The summed E-state index contributed by atoms with van der Waals surface area (Å²) < 4.78 is 12.2. The molecular weight excluding hydrogens is 607 g/mol. The summed E-state index contributed by atoms with van der Waals surface area (Å²) in [6.07, 6.45) is 1.51. The Kier molecular flexibility index (Phi) is 8.19. The molecule has 1 saturated heterocycles. The van der Waals surface area contributed by atoms with Crippen molar-refractivity contribution in [2.45, 2.75) is 13.5 Å². The van der Waals surface area contributed by atoms with Gasteiger partial charge in [-0.25, -0.2) is 4.79 Å². The van der Waals surface area contributed by atoms with Crippen LogP contribution in [0.5, 0.6) is 11.5 Å². The van der Waals surface area contributed by atoms with Crippen LogP contribution in [0.4, 0.5) is 5.69 Å². The van der Waals surface area contributed by atoms with Gasteiger partial charge in [0.25, 0.3) is 11.8 Å². The minimum absolute atomic E-state index is 0.00415. The number of hydrogen-bond donors (Lipinski definition) is 2. The summed E-state index contributed by atoms with van der Waals surface area (Å²) in [5.74, 6) is -0.906. The van der Waals surface area contributed by atoms with Crippen molar-refractivity contribution in [3.05, 3.63) is 92.6 Å². The number of anilines is 1. The number of nitrogens with one attached hydrogen (secondary N) is 1. The largest absolute Gasteiger partial charge is 0.494 e. The highest BCUT2D eigenvalue weighted by Crippen LogP contribution is 2.28. The van der Waals surface area contributed by atoms with E-state index < -0.39 is 17.8 Å². The van der Waals surface area contributed by atoms with Gasteiger partial charge in [0, 0.05) is 6.07 Å². The van der Waals surface area contributed by atoms with Crippen molar-refractivity contribution in [3.8, 4) is 11.5 Å².